The van der Waals surface area contributed by atoms with E-state index in [0.717, 1.165) is 23.7 Å². The molecule has 122 valence electrons. The first-order valence-electron chi connectivity index (χ1n) is 6.72. The van der Waals surface area contributed by atoms with Gasteiger partial charge in [0.2, 0.25) is 5.95 Å². The Morgan fingerprint density at radius 2 is 2.00 bits per heavy atom. The van der Waals surface area contributed by atoms with E-state index in [2.05, 4.69) is 9.97 Å². The van der Waals surface area contributed by atoms with Gasteiger partial charge in [-0.3, -0.25) is 0 Å². The number of fused-ring (bicyclic) bond motifs is 1. The second-order valence-corrected chi connectivity index (χ2v) is 4.81. The highest BCUT2D eigenvalue weighted by molar-refractivity contribution is 6.17. The van der Waals surface area contributed by atoms with Gasteiger partial charge in [0.25, 0.3) is 0 Å². The Morgan fingerprint density at radius 1 is 1.22 bits per heavy atom. The molecule has 0 saturated carbocycles. The number of pyridine rings is 1. The van der Waals surface area contributed by atoms with E-state index in [-0.39, 0.29) is 12.4 Å². The molecule has 23 heavy (non-hydrogen) atoms. The van der Waals surface area contributed by atoms with E-state index in [1.807, 2.05) is 0 Å². The number of aliphatic hydroxyl groups excluding tert-OH is 1. The van der Waals surface area contributed by atoms with Crippen molar-refractivity contribution in [2.24, 2.45) is 0 Å². The Kier molecular flexibility index (Phi) is 5.90. The lowest BCUT2D eigenvalue weighted by Gasteiger charge is -2.07. The quantitative estimate of drug-likeness (QED) is 0.561. The van der Waals surface area contributed by atoms with Crippen molar-refractivity contribution >= 4 is 22.5 Å². The maximum Gasteiger partial charge on any atom is 0.213 e. The van der Waals surface area contributed by atoms with E-state index >= 15 is 0 Å². The summed E-state index contributed by atoms with van der Waals surface area (Å²) >= 11 is 5.73. The monoisotopic (exact) mass is 340 g/mol. The van der Waals surface area contributed by atoms with Crippen LogP contribution in [0, 0.1) is 11.8 Å². The molecule has 0 unspecified atom stereocenters. The number of aromatic amines is 1. The minimum atomic E-state index is -0.594. The summed E-state index contributed by atoms with van der Waals surface area (Å²) in [5, 5.41) is 7.72. The van der Waals surface area contributed by atoms with Crippen LogP contribution in [-0.2, 0) is 12.5 Å². The van der Waals surface area contributed by atoms with Crippen LogP contribution in [0.15, 0.2) is 36.4 Å². The summed E-state index contributed by atoms with van der Waals surface area (Å²) in [6, 6.07) is 9.08. The van der Waals surface area contributed by atoms with Crippen molar-refractivity contribution in [2.75, 3.05) is 7.11 Å². The average Bonchev–Trinajstić information content (AvgIpc) is 2.96. The second kappa shape index (κ2) is 7.89. The normalized spacial score (nSPS) is 10.3. The molecule has 0 aliphatic carbocycles. The van der Waals surface area contributed by atoms with E-state index < -0.39 is 11.8 Å². The molecule has 2 heterocycles. The number of ether oxygens (including phenoxy) is 1. The Morgan fingerprint density at radius 3 is 2.70 bits per heavy atom. The highest BCUT2D eigenvalue weighted by atomic mass is 35.5. The van der Waals surface area contributed by atoms with Crippen molar-refractivity contribution in [3.63, 3.8) is 0 Å². The third-order valence-electron chi connectivity index (χ3n) is 3.02. The number of H-pyrrole nitrogens is 1. The molecule has 0 fully saturated rings. The van der Waals surface area contributed by atoms with Gasteiger partial charge >= 0.3 is 0 Å². The Balaban J connectivity index is 0.000000924. The number of rotatable bonds is 4. The van der Waals surface area contributed by atoms with Gasteiger partial charge in [-0.1, -0.05) is 6.07 Å². The van der Waals surface area contributed by atoms with Gasteiger partial charge in [0, 0.05) is 29.8 Å². The van der Waals surface area contributed by atoms with Gasteiger partial charge in [-0.2, -0.15) is 4.39 Å². The van der Waals surface area contributed by atoms with Crippen molar-refractivity contribution in [1.82, 2.24) is 9.97 Å². The third kappa shape index (κ3) is 4.18. The standard InChI is InChI=1S/C15H11ClF2N2O.CH4O/c16-7-11-4-9-5-12(17)14(6-13(9)19-11)21-8-10-2-1-3-15(18)20-10;1-2/h1-6,19H,7-8H2;2H,1H3. The molecular formula is C16H15ClF2N2O2. The van der Waals surface area contributed by atoms with Gasteiger partial charge in [0.15, 0.2) is 11.6 Å². The Bertz CT molecular complexity index is 793. The molecule has 0 radical (unpaired) electrons. The average molecular weight is 341 g/mol. The Labute approximate surface area is 136 Å². The first-order chi connectivity index (χ1) is 11.2. The fourth-order valence-electron chi connectivity index (χ4n) is 2.06. The molecule has 0 saturated heterocycles. The molecule has 0 atom stereocenters. The van der Waals surface area contributed by atoms with Crippen LogP contribution in [0.4, 0.5) is 8.78 Å². The number of alkyl halides is 1. The summed E-state index contributed by atoms with van der Waals surface area (Å²) in [5.41, 5.74) is 1.92. The predicted molar refractivity (Wildman–Crippen MR) is 84.5 cm³/mol. The Hall–Kier alpha value is -2.18. The van der Waals surface area contributed by atoms with E-state index in [1.54, 1.807) is 18.2 Å². The molecular weight excluding hydrogens is 326 g/mol. The number of hydrogen-bond donors (Lipinski definition) is 2. The van der Waals surface area contributed by atoms with Crippen LogP contribution < -0.4 is 4.74 Å². The van der Waals surface area contributed by atoms with Gasteiger partial charge < -0.3 is 14.8 Å². The van der Waals surface area contributed by atoms with Gasteiger partial charge in [0.05, 0.1) is 11.6 Å². The number of benzene rings is 1. The second-order valence-electron chi connectivity index (χ2n) is 4.54. The molecule has 3 rings (SSSR count). The molecule has 3 aromatic rings. The summed E-state index contributed by atoms with van der Waals surface area (Å²) in [5.74, 6) is -0.682. The molecule has 0 amide bonds. The molecule has 0 aliphatic heterocycles. The van der Waals surface area contributed by atoms with E-state index in [4.69, 9.17) is 21.4 Å². The van der Waals surface area contributed by atoms with Gasteiger partial charge in [-0.05, 0) is 24.3 Å². The smallest absolute Gasteiger partial charge is 0.213 e. The fourth-order valence-corrected chi connectivity index (χ4v) is 2.20. The zero-order chi connectivity index (χ0) is 16.8. The van der Waals surface area contributed by atoms with Gasteiger partial charge in [0.1, 0.15) is 6.61 Å². The number of aromatic nitrogens is 2. The molecule has 2 aromatic heterocycles. The highest BCUT2D eigenvalue weighted by Gasteiger charge is 2.09. The van der Waals surface area contributed by atoms with Gasteiger partial charge in [-0.15, -0.1) is 11.6 Å². The summed E-state index contributed by atoms with van der Waals surface area (Å²) in [4.78, 5) is 6.72. The summed E-state index contributed by atoms with van der Waals surface area (Å²) in [7, 11) is 1.00. The third-order valence-corrected chi connectivity index (χ3v) is 3.31. The molecule has 2 N–H and O–H groups in total. The lowest BCUT2D eigenvalue weighted by Crippen LogP contribution is -2.00. The van der Waals surface area contributed by atoms with E-state index in [0.29, 0.717) is 11.6 Å². The number of aliphatic hydroxyl groups is 1. The molecule has 0 aliphatic rings. The largest absolute Gasteiger partial charge is 0.484 e. The van der Waals surface area contributed by atoms with E-state index in [9.17, 15) is 8.78 Å². The van der Waals surface area contributed by atoms with E-state index in [1.165, 1.54) is 18.2 Å². The predicted octanol–water partition coefficient (Wildman–Crippen LogP) is 3.77. The summed E-state index contributed by atoms with van der Waals surface area (Å²) < 4.78 is 32.3. The van der Waals surface area contributed by atoms with Crippen molar-refractivity contribution in [2.45, 2.75) is 12.5 Å². The number of nitrogens with zero attached hydrogens (tertiary/aromatic N) is 1. The van der Waals surface area contributed by atoms with Crippen LogP contribution in [0.3, 0.4) is 0 Å². The lowest BCUT2D eigenvalue weighted by molar-refractivity contribution is 0.285. The SMILES string of the molecule is CO.Fc1cccc(COc2cc3[nH]c(CCl)cc3cc2F)n1. The number of nitrogens with one attached hydrogen (secondary N) is 1. The molecule has 4 nitrogen and oxygen atoms in total. The van der Waals surface area contributed by atoms with Gasteiger partial charge in [-0.25, -0.2) is 9.37 Å². The van der Waals surface area contributed by atoms with Crippen LogP contribution in [0.2, 0.25) is 0 Å². The van der Waals surface area contributed by atoms with Crippen LogP contribution >= 0.6 is 11.6 Å². The molecule has 7 heteroatoms. The number of halogens is 3. The minimum Gasteiger partial charge on any atom is -0.484 e. The molecule has 0 spiro atoms. The maximum absolute atomic E-state index is 13.9. The summed E-state index contributed by atoms with van der Waals surface area (Å²) in [6.45, 7) is -0.0107. The van der Waals surface area contributed by atoms with Crippen molar-refractivity contribution in [3.05, 3.63) is 59.6 Å². The zero-order valence-electron chi connectivity index (χ0n) is 12.3. The van der Waals surface area contributed by atoms with Crippen molar-refractivity contribution in [3.8, 4) is 5.75 Å². The van der Waals surface area contributed by atoms with Crippen LogP contribution in [-0.4, -0.2) is 22.2 Å². The first-order valence-corrected chi connectivity index (χ1v) is 7.25. The fraction of sp³-hybridized carbons (Fsp3) is 0.188. The molecule has 0 bridgehead atoms. The van der Waals surface area contributed by atoms with Crippen LogP contribution in [0.5, 0.6) is 5.75 Å². The summed E-state index contributed by atoms with van der Waals surface area (Å²) in [6.07, 6.45) is 0. The van der Waals surface area contributed by atoms with Crippen molar-refractivity contribution in [1.29, 1.82) is 0 Å². The maximum atomic E-state index is 13.9. The lowest BCUT2D eigenvalue weighted by atomic mass is 10.2. The molecule has 1 aromatic carbocycles. The van der Waals surface area contributed by atoms with Crippen LogP contribution in [0.1, 0.15) is 11.4 Å². The zero-order valence-corrected chi connectivity index (χ0v) is 13.1. The first kappa shape index (κ1) is 17.2. The van der Waals surface area contributed by atoms with Crippen molar-refractivity contribution < 1.29 is 18.6 Å². The highest BCUT2D eigenvalue weighted by Crippen LogP contribution is 2.26. The number of hydrogen-bond acceptors (Lipinski definition) is 3. The van der Waals surface area contributed by atoms with Crippen LogP contribution in [0.25, 0.3) is 10.9 Å². The topological polar surface area (TPSA) is 58.1 Å². The minimum absolute atomic E-state index is 0.0107.